The highest BCUT2D eigenvalue weighted by Gasteiger charge is 2.25. The minimum absolute atomic E-state index is 0. The zero-order valence-electron chi connectivity index (χ0n) is 66.8. The monoisotopic (exact) mass is 1650 g/mol. The molecule has 6 heterocycles. The number of para-hydroxylation sites is 9. The van der Waals surface area contributed by atoms with E-state index in [0.29, 0.717) is 0 Å². The van der Waals surface area contributed by atoms with Gasteiger partial charge in [0.05, 0.1) is 60.7 Å². The van der Waals surface area contributed by atoms with Gasteiger partial charge < -0.3 is 27.8 Å². The Morgan fingerprint density at radius 3 is 0.927 bits per heavy atom. The van der Waals surface area contributed by atoms with Crippen LogP contribution in [0.4, 0.5) is 0 Å². The number of halogens is 1. The van der Waals surface area contributed by atoms with Gasteiger partial charge in [0.2, 0.25) is 0 Å². The number of aromatic amines is 1. The summed E-state index contributed by atoms with van der Waals surface area (Å²) >= 11 is 3.31. The summed E-state index contributed by atoms with van der Waals surface area (Å²) in [5, 5.41) is 20.0. The van der Waals surface area contributed by atoms with Crippen LogP contribution in [0.5, 0.6) is 0 Å². The number of nitrogens with one attached hydrogen (secondary N) is 1. The van der Waals surface area contributed by atoms with Crippen molar-refractivity contribution < 1.29 is 0 Å². The number of aromatic nitrogens is 6. The van der Waals surface area contributed by atoms with Crippen molar-refractivity contribution in [1.82, 2.24) is 27.8 Å². The molecular formula is C117H79BrN6. The molecule has 26 aromatic rings. The van der Waals surface area contributed by atoms with Crippen LogP contribution < -0.4 is 0 Å². The Kier molecular flexibility index (Phi) is 17.8. The molecule has 1 N–H and O–H groups in total. The molecular weight excluding hydrogens is 1570 g/mol. The van der Waals surface area contributed by atoms with E-state index >= 15 is 0 Å². The van der Waals surface area contributed by atoms with Gasteiger partial charge in [-0.05, 0) is 237 Å². The molecule has 26 rings (SSSR count). The SMILES string of the molecule is Brc1ccccc1.C.c1ccc(-n2c3ccccc3c3cc(-c4cc(-c5ccc6c(c5)c5c7ccccc7ccc5n6-c5ccccc5)cc5c4[nH]c4ccccc45)ccc32)cc1.c1ccc(-n2c3ccccc3c3cc(-c4cc(-c5ccc6c(c5)c5c7ccccc7ccc5n6-c5ccccc5)cc5c6ccccc6n(-c6ccccc6)c45)ccc32)cc1. The number of hydrogen-bond donors (Lipinski definition) is 1. The van der Waals surface area contributed by atoms with Crippen LogP contribution in [0.1, 0.15) is 7.43 Å². The van der Waals surface area contributed by atoms with E-state index in [-0.39, 0.29) is 7.43 Å². The van der Waals surface area contributed by atoms with Crippen molar-refractivity contribution in [3.8, 4) is 72.9 Å². The van der Waals surface area contributed by atoms with Gasteiger partial charge in [-0.3, -0.25) is 0 Å². The average Bonchev–Trinajstić information content (AvgIpc) is 1.59. The quantitative estimate of drug-likeness (QED) is 0.150. The van der Waals surface area contributed by atoms with Crippen molar-refractivity contribution in [2.24, 2.45) is 0 Å². The summed E-state index contributed by atoms with van der Waals surface area (Å²) in [6.07, 6.45) is 0. The molecule has 0 aliphatic heterocycles. The second kappa shape index (κ2) is 30.2. The second-order valence-electron chi connectivity index (χ2n) is 32.0. The lowest BCUT2D eigenvalue weighted by Crippen LogP contribution is -1.96. The van der Waals surface area contributed by atoms with E-state index < -0.39 is 0 Å². The molecule has 7 heteroatoms. The highest BCUT2D eigenvalue weighted by atomic mass is 79.9. The Labute approximate surface area is 724 Å². The van der Waals surface area contributed by atoms with Gasteiger partial charge in [0.15, 0.2) is 0 Å². The van der Waals surface area contributed by atoms with Crippen LogP contribution in [-0.4, -0.2) is 27.8 Å². The van der Waals surface area contributed by atoms with Crippen LogP contribution >= 0.6 is 15.9 Å². The van der Waals surface area contributed by atoms with Gasteiger partial charge in [0, 0.05) is 114 Å². The highest BCUT2D eigenvalue weighted by molar-refractivity contribution is 9.10. The predicted molar refractivity (Wildman–Crippen MR) is 532 cm³/mol. The summed E-state index contributed by atoms with van der Waals surface area (Å²) in [7, 11) is 0. The molecule has 0 fully saturated rings. The fraction of sp³-hybridized carbons (Fsp3) is 0.00855. The number of rotatable bonds is 9. The predicted octanol–water partition coefficient (Wildman–Crippen LogP) is 32.6. The third-order valence-electron chi connectivity index (χ3n) is 25.1. The average molecular weight is 1650 g/mol. The lowest BCUT2D eigenvalue weighted by atomic mass is 9.93. The zero-order chi connectivity index (χ0) is 81.2. The van der Waals surface area contributed by atoms with Crippen LogP contribution in [0.25, 0.3) is 225 Å². The second-order valence-corrected chi connectivity index (χ2v) is 32.9. The van der Waals surface area contributed by atoms with Crippen LogP contribution in [-0.2, 0) is 0 Å². The summed E-state index contributed by atoms with van der Waals surface area (Å²) < 4.78 is 13.2. The lowest BCUT2D eigenvalue weighted by Gasteiger charge is -2.15. The smallest absolute Gasteiger partial charge is 0.0619 e. The van der Waals surface area contributed by atoms with Gasteiger partial charge in [0.25, 0.3) is 0 Å². The number of benzene rings is 20. The van der Waals surface area contributed by atoms with Crippen LogP contribution in [0, 0.1) is 0 Å². The number of H-pyrrole nitrogens is 1. The molecule has 0 saturated carbocycles. The molecule has 124 heavy (non-hydrogen) atoms. The third kappa shape index (κ3) is 12.1. The van der Waals surface area contributed by atoms with E-state index in [9.17, 15) is 0 Å². The summed E-state index contributed by atoms with van der Waals surface area (Å²) in [5.74, 6) is 0. The van der Waals surface area contributed by atoms with Crippen molar-refractivity contribution in [1.29, 1.82) is 0 Å². The van der Waals surface area contributed by atoms with Crippen molar-refractivity contribution in [3.05, 3.63) is 453 Å². The first-order chi connectivity index (χ1) is 61.0. The minimum atomic E-state index is 0. The van der Waals surface area contributed by atoms with Crippen LogP contribution in [0.3, 0.4) is 0 Å². The minimum Gasteiger partial charge on any atom is -0.354 e. The molecule has 0 saturated heterocycles. The summed E-state index contributed by atoms with van der Waals surface area (Å²) in [5.41, 5.74) is 29.7. The Morgan fingerprint density at radius 2 is 0.484 bits per heavy atom. The zero-order valence-corrected chi connectivity index (χ0v) is 68.4. The highest BCUT2D eigenvalue weighted by Crippen LogP contribution is 2.48. The van der Waals surface area contributed by atoms with E-state index in [4.69, 9.17) is 0 Å². The van der Waals surface area contributed by atoms with Crippen LogP contribution in [0.2, 0.25) is 0 Å². The maximum Gasteiger partial charge on any atom is 0.0619 e. The molecule has 584 valence electrons. The van der Waals surface area contributed by atoms with E-state index in [0.717, 1.165) is 38.3 Å². The maximum atomic E-state index is 3.83. The van der Waals surface area contributed by atoms with E-state index in [1.54, 1.807) is 0 Å². The number of nitrogens with zero attached hydrogens (tertiary/aromatic N) is 5. The molecule has 0 unspecified atom stereocenters. The molecule has 0 aliphatic rings. The number of fused-ring (bicyclic) bond motifs is 22. The van der Waals surface area contributed by atoms with Gasteiger partial charge in [-0.25, -0.2) is 0 Å². The summed E-state index contributed by atoms with van der Waals surface area (Å²) in [6, 6.07) is 163. The first-order valence-corrected chi connectivity index (χ1v) is 42.8. The van der Waals surface area contributed by atoms with Gasteiger partial charge in [0.1, 0.15) is 0 Å². The molecule has 0 amide bonds. The molecule has 0 atom stereocenters. The standard InChI is InChI=1S/C58H37N3.C52H33N3.C6H5Br.CH4/c1-4-17-42(18-5-1)59-52-26-14-12-24-46(52)49-35-40(30-32-54(49)59)48-36-41(37-50-47-25-13-15-27-53(47)61(58(48)50)44-21-8-3-9-22-44)39-29-31-55-51(34-39)57-45-23-11-10-16-38(45)28-33-56(57)60(55)43-19-6-2-7-20-43;1-3-14-37(15-4-1)54-47-22-12-10-20-41(47)43-30-35(25-27-48(43)54)42-31-36(32-44-40-19-9-11-21-46(40)53-52(42)44)34-24-26-49-45(29-34)51-39-18-8-7-13-33(39)23-28-50(51)55(49)38-16-5-2-6-17-38;7-6-4-2-1-3-5-6;/h1-37H;1-32,53H;1-5H;1H4. The summed E-state index contributed by atoms with van der Waals surface area (Å²) in [4.78, 5) is 3.83. The van der Waals surface area contributed by atoms with Crippen molar-refractivity contribution in [2.45, 2.75) is 7.43 Å². The Bertz CT molecular complexity index is 8670. The molecule has 6 aromatic heterocycles. The fourth-order valence-electron chi connectivity index (χ4n) is 19.7. The van der Waals surface area contributed by atoms with Crippen molar-refractivity contribution >= 4 is 168 Å². The largest absolute Gasteiger partial charge is 0.354 e. The van der Waals surface area contributed by atoms with Crippen molar-refractivity contribution in [2.75, 3.05) is 0 Å². The van der Waals surface area contributed by atoms with E-state index in [1.165, 1.54) is 192 Å². The number of hydrogen-bond acceptors (Lipinski definition) is 0. The molecule has 0 bridgehead atoms. The fourth-order valence-corrected chi connectivity index (χ4v) is 20.0. The molecule has 0 spiro atoms. The third-order valence-corrected chi connectivity index (χ3v) is 25.7. The maximum absolute atomic E-state index is 3.83. The Balaban J connectivity index is 0.000000132. The summed E-state index contributed by atoms with van der Waals surface area (Å²) in [6.45, 7) is 0. The molecule has 6 nitrogen and oxygen atoms in total. The molecule has 20 aromatic carbocycles. The topological polar surface area (TPSA) is 40.4 Å². The molecule has 0 radical (unpaired) electrons. The first-order valence-electron chi connectivity index (χ1n) is 42.1. The van der Waals surface area contributed by atoms with Gasteiger partial charge >= 0.3 is 0 Å². The first kappa shape index (κ1) is 73.3. The van der Waals surface area contributed by atoms with Crippen molar-refractivity contribution in [3.63, 3.8) is 0 Å². The Morgan fingerprint density at radius 1 is 0.185 bits per heavy atom. The van der Waals surface area contributed by atoms with Gasteiger partial charge in [-0.2, -0.15) is 0 Å². The van der Waals surface area contributed by atoms with Gasteiger partial charge in [-0.15, -0.1) is 0 Å². The van der Waals surface area contributed by atoms with Gasteiger partial charge in [-0.1, -0.05) is 290 Å². The van der Waals surface area contributed by atoms with Crippen LogP contribution in [0.15, 0.2) is 453 Å². The normalized spacial score (nSPS) is 11.7. The molecule has 0 aliphatic carbocycles. The lowest BCUT2D eigenvalue weighted by molar-refractivity contribution is 1.18. The van der Waals surface area contributed by atoms with E-state index in [2.05, 4.69) is 462 Å². The Hall–Kier alpha value is -15.8. The van der Waals surface area contributed by atoms with E-state index in [1.807, 2.05) is 30.3 Å².